The molecular weight excluding hydrogens is 278 g/mol. The Balaban J connectivity index is 2.18. The van der Waals surface area contributed by atoms with Crippen LogP contribution in [0.1, 0.15) is 18.1 Å². The third kappa shape index (κ3) is 2.61. The van der Waals surface area contributed by atoms with Crippen LogP contribution in [0.25, 0.3) is 22.8 Å². The monoisotopic (exact) mass is 293 g/mol. The summed E-state index contributed by atoms with van der Waals surface area (Å²) in [7, 11) is 0. The first-order chi connectivity index (χ1) is 10.5. The molecule has 1 heterocycles. The molecule has 1 aromatic heterocycles. The van der Waals surface area contributed by atoms with Gasteiger partial charge in [-0.25, -0.2) is 4.79 Å². The number of hydrogen-bond donors (Lipinski definition) is 1. The van der Waals surface area contributed by atoms with Crippen LogP contribution >= 0.6 is 0 Å². The summed E-state index contributed by atoms with van der Waals surface area (Å²) >= 11 is 0. The zero-order valence-corrected chi connectivity index (χ0v) is 12.3. The molecule has 2 aromatic carbocycles. The van der Waals surface area contributed by atoms with E-state index in [9.17, 15) is 4.79 Å². The van der Waals surface area contributed by atoms with Crippen molar-refractivity contribution in [1.29, 1.82) is 0 Å². The van der Waals surface area contributed by atoms with Crippen LogP contribution in [0.5, 0.6) is 0 Å². The molecule has 0 saturated carbocycles. The Morgan fingerprint density at radius 2 is 1.77 bits per heavy atom. The second-order valence-electron chi connectivity index (χ2n) is 5.17. The number of hydrogen-bond acceptors (Lipinski definition) is 3. The Bertz CT molecular complexity index is 861. The number of carbonyl (C=O) groups is 1. The summed E-state index contributed by atoms with van der Waals surface area (Å²) in [6.07, 6.45) is 1.63. The third-order valence-electron chi connectivity index (χ3n) is 3.40. The second-order valence-corrected chi connectivity index (χ2v) is 5.17. The molecule has 1 N–H and O–H groups in total. The zero-order valence-electron chi connectivity index (χ0n) is 12.3. The van der Waals surface area contributed by atoms with Crippen LogP contribution in [0.3, 0.4) is 0 Å². The van der Waals surface area contributed by atoms with Crippen molar-refractivity contribution in [3.8, 4) is 5.69 Å². The molecule has 0 fully saturated rings. The van der Waals surface area contributed by atoms with Crippen LogP contribution in [0.15, 0.2) is 48.0 Å². The molecule has 0 saturated heterocycles. The fourth-order valence-electron chi connectivity index (χ4n) is 2.21. The highest BCUT2D eigenvalue weighted by Crippen LogP contribution is 2.20. The maximum Gasteiger partial charge on any atom is 0.331 e. The van der Waals surface area contributed by atoms with Gasteiger partial charge in [0, 0.05) is 11.1 Å². The molecule has 110 valence electrons. The van der Waals surface area contributed by atoms with E-state index in [1.807, 2.05) is 49.4 Å². The lowest BCUT2D eigenvalue weighted by Gasteiger charge is -2.07. The molecule has 0 aliphatic carbocycles. The fraction of sp³-hybridized carbons (Fsp3) is 0.118. The van der Waals surface area contributed by atoms with Gasteiger partial charge in [-0.3, -0.25) is 0 Å². The SMILES string of the molecule is CC(=Cc1ccc(C)cc1-n1nc2ccccc2n1)C(=O)O. The summed E-state index contributed by atoms with van der Waals surface area (Å²) in [5.41, 5.74) is 4.45. The van der Waals surface area contributed by atoms with E-state index in [0.717, 1.165) is 27.8 Å². The molecule has 0 radical (unpaired) electrons. The molecule has 0 amide bonds. The topological polar surface area (TPSA) is 68.0 Å². The van der Waals surface area contributed by atoms with Crippen molar-refractivity contribution < 1.29 is 9.90 Å². The molecule has 0 atom stereocenters. The molecular formula is C17H15N3O2. The van der Waals surface area contributed by atoms with Crippen LogP contribution in [0.2, 0.25) is 0 Å². The average Bonchev–Trinajstić information content (AvgIpc) is 2.92. The molecule has 22 heavy (non-hydrogen) atoms. The fourth-order valence-corrected chi connectivity index (χ4v) is 2.21. The minimum atomic E-state index is -0.940. The lowest BCUT2D eigenvalue weighted by Crippen LogP contribution is -2.03. The van der Waals surface area contributed by atoms with Crippen LogP contribution < -0.4 is 0 Å². The van der Waals surface area contributed by atoms with Gasteiger partial charge in [-0.15, -0.1) is 15.0 Å². The van der Waals surface area contributed by atoms with Crippen molar-refractivity contribution in [3.63, 3.8) is 0 Å². The summed E-state index contributed by atoms with van der Waals surface area (Å²) in [6, 6.07) is 13.4. The Hall–Kier alpha value is -2.95. The quantitative estimate of drug-likeness (QED) is 0.753. The highest BCUT2D eigenvalue weighted by Gasteiger charge is 2.10. The van der Waals surface area contributed by atoms with E-state index in [-0.39, 0.29) is 5.57 Å². The lowest BCUT2D eigenvalue weighted by molar-refractivity contribution is -0.132. The number of carboxylic acids is 1. The highest BCUT2D eigenvalue weighted by atomic mass is 16.4. The van der Waals surface area contributed by atoms with Gasteiger partial charge >= 0.3 is 5.97 Å². The normalized spacial score (nSPS) is 11.8. The molecule has 3 rings (SSSR count). The van der Waals surface area contributed by atoms with Crippen molar-refractivity contribution in [3.05, 3.63) is 59.2 Å². The van der Waals surface area contributed by atoms with Crippen LogP contribution in [-0.4, -0.2) is 26.1 Å². The summed E-state index contributed by atoms with van der Waals surface area (Å²) in [5, 5.41) is 18.0. The first-order valence-corrected chi connectivity index (χ1v) is 6.89. The second kappa shape index (κ2) is 5.44. The van der Waals surface area contributed by atoms with Crippen LogP contribution in [0, 0.1) is 6.92 Å². The third-order valence-corrected chi connectivity index (χ3v) is 3.40. The summed E-state index contributed by atoms with van der Waals surface area (Å²) < 4.78 is 0. The Kier molecular flexibility index (Phi) is 3.47. The van der Waals surface area contributed by atoms with Crippen molar-refractivity contribution in [2.75, 3.05) is 0 Å². The number of fused-ring (bicyclic) bond motifs is 1. The number of benzene rings is 2. The van der Waals surface area contributed by atoms with Crippen molar-refractivity contribution in [2.24, 2.45) is 0 Å². The van der Waals surface area contributed by atoms with Crippen molar-refractivity contribution in [2.45, 2.75) is 13.8 Å². The minimum Gasteiger partial charge on any atom is -0.478 e. The van der Waals surface area contributed by atoms with Gasteiger partial charge in [0.25, 0.3) is 0 Å². The maximum atomic E-state index is 11.1. The Labute approximate surface area is 127 Å². The zero-order chi connectivity index (χ0) is 15.7. The summed E-state index contributed by atoms with van der Waals surface area (Å²) in [5.74, 6) is -0.940. The van der Waals surface area contributed by atoms with Gasteiger partial charge in [0.15, 0.2) is 0 Å². The predicted octanol–water partition coefficient (Wildman–Crippen LogP) is 3.22. The van der Waals surface area contributed by atoms with E-state index in [2.05, 4.69) is 10.2 Å². The molecule has 0 bridgehead atoms. The molecule has 0 unspecified atom stereocenters. The number of carboxylic acid groups (broad SMARTS) is 1. The van der Waals surface area contributed by atoms with Crippen molar-refractivity contribution >= 4 is 23.1 Å². The van der Waals surface area contributed by atoms with E-state index < -0.39 is 5.97 Å². The first-order valence-electron chi connectivity index (χ1n) is 6.89. The molecule has 0 aliphatic heterocycles. The predicted molar refractivity (Wildman–Crippen MR) is 84.9 cm³/mol. The van der Waals surface area contributed by atoms with Gasteiger partial charge in [-0.05, 0) is 43.7 Å². The molecule has 0 spiro atoms. The Morgan fingerprint density at radius 3 is 2.36 bits per heavy atom. The van der Waals surface area contributed by atoms with Gasteiger partial charge in [0.1, 0.15) is 11.0 Å². The van der Waals surface area contributed by atoms with Gasteiger partial charge in [-0.2, -0.15) is 0 Å². The van der Waals surface area contributed by atoms with Crippen LogP contribution in [-0.2, 0) is 4.79 Å². The van der Waals surface area contributed by atoms with Crippen molar-refractivity contribution in [1.82, 2.24) is 15.0 Å². The minimum absolute atomic E-state index is 0.266. The van der Waals surface area contributed by atoms with E-state index in [1.165, 1.54) is 0 Å². The molecule has 5 heteroatoms. The highest BCUT2D eigenvalue weighted by molar-refractivity contribution is 5.92. The summed E-state index contributed by atoms with van der Waals surface area (Å²) in [4.78, 5) is 12.6. The smallest absolute Gasteiger partial charge is 0.331 e. The first kappa shape index (κ1) is 14.0. The molecule has 3 aromatic rings. The van der Waals surface area contributed by atoms with Gasteiger partial charge in [0.05, 0.1) is 5.69 Å². The number of aromatic nitrogens is 3. The number of aliphatic carboxylic acids is 1. The largest absolute Gasteiger partial charge is 0.478 e. The van der Waals surface area contributed by atoms with Crippen LogP contribution in [0.4, 0.5) is 0 Å². The number of aryl methyl sites for hydroxylation is 1. The van der Waals surface area contributed by atoms with E-state index in [1.54, 1.807) is 17.8 Å². The Morgan fingerprint density at radius 1 is 1.14 bits per heavy atom. The molecule has 5 nitrogen and oxygen atoms in total. The van der Waals surface area contributed by atoms with E-state index in [4.69, 9.17) is 5.11 Å². The van der Waals surface area contributed by atoms with Gasteiger partial charge < -0.3 is 5.11 Å². The summed E-state index contributed by atoms with van der Waals surface area (Å²) in [6.45, 7) is 3.54. The average molecular weight is 293 g/mol. The number of rotatable bonds is 3. The van der Waals surface area contributed by atoms with Gasteiger partial charge in [-0.1, -0.05) is 24.3 Å². The lowest BCUT2D eigenvalue weighted by atomic mass is 10.1. The van der Waals surface area contributed by atoms with E-state index >= 15 is 0 Å². The van der Waals surface area contributed by atoms with Gasteiger partial charge in [0.2, 0.25) is 0 Å². The van der Waals surface area contributed by atoms with E-state index in [0.29, 0.717) is 0 Å². The maximum absolute atomic E-state index is 11.1. The molecule has 0 aliphatic rings. The number of nitrogens with zero attached hydrogens (tertiary/aromatic N) is 3. The standard InChI is InChI=1S/C17H15N3O2/c1-11-7-8-13(10-12(2)17(21)22)16(9-11)20-18-14-5-3-4-6-15(14)19-20/h3-10H,1-2H3,(H,21,22).